The molecule has 1 N–H and O–H groups in total. The summed E-state index contributed by atoms with van der Waals surface area (Å²) in [6.07, 6.45) is 5.81. The molecule has 1 aliphatic carbocycles. The first-order valence-corrected chi connectivity index (χ1v) is 12.1. The van der Waals surface area contributed by atoms with Gasteiger partial charge in [-0.3, -0.25) is 4.79 Å². The number of sulfone groups is 1. The maximum atomic E-state index is 12.4. The van der Waals surface area contributed by atoms with Crippen LogP contribution in [0.4, 0.5) is 0 Å². The van der Waals surface area contributed by atoms with Crippen molar-refractivity contribution in [2.24, 2.45) is 5.92 Å². The average Bonchev–Trinajstić information content (AvgIpc) is 3.21. The molecule has 0 unspecified atom stereocenters. The third kappa shape index (κ3) is 4.27. The fraction of sp³-hybridized carbons (Fsp3) is 0.588. The highest BCUT2D eigenvalue weighted by Crippen LogP contribution is 2.29. The summed E-state index contributed by atoms with van der Waals surface area (Å²) in [5.41, 5.74) is 0. The van der Waals surface area contributed by atoms with Crippen molar-refractivity contribution in [2.45, 2.75) is 47.9 Å². The summed E-state index contributed by atoms with van der Waals surface area (Å²) >= 11 is 0. The highest BCUT2D eigenvalue weighted by Gasteiger charge is 2.35. The summed E-state index contributed by atoms with van der Waals surface area (Å²) in [6, 6.07) is 5.44. The molecule has 2 aliphatic rings. The quantitative estimate of drug-likeness (QED) is 0.772. The summed E-state index contributed by atoms with van der Waals surface area (Å²) in [6.45, 7) is 0.796. The Kier molecular flexibility index (Phi) is 5.41. The van der Waals surface area contributed by atoms with Gasteiger partial charge in [-0.1, -0.05) is 12.8 Å². The molecule has 1 heterocycles. The molecular formula is C17H24N2O5S2. The number of nitrogens with zero attached hydrogens (tertiary/aromatic N) is 1. The van der Waals surface area contributed by atoms with Crippen LogP contribution in [0, 0.1) is 5.92 Å². The van der Waals surface area contributed by atoms with Crippen LogP contribution in [0.2, 0.25) is 0 Å². The van der Waals surface area contributed by atoms with Crippen LogP contribution in [0.25, 0.3) is 0 Å². The molecule has 1 amide bonds. The zero-order valence-electron chi connectivity index (χ0n) is 14.7. The van der Waals surface area contributed by atoms with Crippen LogP contribution in [0.1, 0.15) is 32.1 Å². The second kappa shape index (κ2) is 7.28. The molecule has 1 aromatic rings. The Hall–Kier alpha value is -1.45. The van der Waals surface area contributed by atoms with E-state index in [1.807, 2.05) is 4.90 Å². The van der Waals surface area contributed by atoms with Gasteiger partial charge in [0.05, 0.1) is 9.79 Å². The standard InChI is InChI=1S/C17H24N2O5S2/c1-25(21,22)15-6-8-16(9-7-15)26(23,24)18-11-13-10-17(20)19(12-13)14-4-2-3-5-14/h6-9,13-14,18H,2-5,10-12H2,1H3/t13-/m1/s1. The molecule has 0 aromatic heterocycles. The lowest BCUT2D eigenvalue weighted by Crippen LogP contribution is -2.36. The van der Waals surface area contributed by atoms with E-state index in [1.165, 1.54) is 24.3 Å². The van der Waals surface area contributed by atoms with Gasteiger partial charge in [0.15, 0.2) is 9.84 Å². The number of carbonyl (C=O) groups excluding carboxylic acids is 1. The van der Waals surface area contributed by atoms with Crippen LogP contribution in [0.3, 0.4) is 0 Å². The van der Waals surface area contributed by atoms with Gasteiger partial charge >= 0.3 is 0 Å². The fourth-order valence-corrected chi connectivity index (χ4v) is 5.44. The van der Waals surface area contributed by atoms with E-state index in [0.29, 0.717) is 19.0 Å². The van der Waals surface area contributed by atoms with Crippen LogP contribution in [0.5, 0.6) is 0 Å². The van der Waals surface area contributed by atoms with E-state index in [4.69, 9.17) is 0 Å². The zero-order chi connectivity index (χ0) is 18.9. The van der Waals surface area contributed by atoms with Crippen molar-refractivity contribution in [2.75, 3.05) is 19.3 Å². The van der Waals surface area contributed by atoms with Crippen LogP contribution in [-0.4, -0.2) is 53.0 Å². The second-order valence-corrected chi connectivity index (χ2v) is 10.9. The molecule has 0 spiro atoms. The molecule has 9 heteroatoms. The lowest BCUT2D eigenvalue weighted by Gasteiger charge is -2.24. The van der Waals surface area contributed by atoms with E-state index in [-0.39, 0.29) is 28.2 Å². The summed E-state index contributed by atoms with van der Waals surface area (Å²) in [4.78, 5) is 14.2. The van der Waals surface area contributed by atoms with Crippen molar-refractivity contribution in [1.82, 2.24) is 9.62 Å². The minimum Gasteiger partial charge on any atom is -0.339 e. The largest absolute Gasteiger partial charge is 0.339 e. The van der Waals surface area contributed by atoms with Gasteiger partial charge in [-0.25, -0.2) is 21.6 Å². The van der Waals surface area contributed by atoms with Gasteiger partial charge in [-0.2, -0.15) is 0 Å². The number of benzene rings is 1. The van der Waals surface area contributed by atoms with E-state index in [0.717, 1.165) is 31.9 Å². The molecule has 1 aliphatic heterocycles. The number of likely N-dealkylation sites (tertiary alicyclic amines) is 1. The maximum absolute atomic E-state index is 12.4. The number of carbonyl (C=O) groups is 1. The topological polar surface area (TPSA) is 101 Å². The molecule has 7 nitrogen and oxygen atoms in total. The molecule has 2 fully saturated rings. The molecule has 1 aromatic carbocycles. The van der Waals surface area contributed by atoms with Crippen LogP contribution < -0.4 is 4.72 Å². The predicted molar refractivity (Wildman–Crippen MR) is 96.8 cm³/mol. The Balaban J connectivity index is 1.61. The summed E-state index contributed by atoms with van der Waals surface area (Å²) in [5.74, 6) is 0.0757. The highest BCUT2D eigenvalue weighted by atomic mass is 32.2. The van der Waals surface area contributed by atoms with Crippen molar-refractivity contribution in [3.8, 4) is 0 Å². The Labute approximate surface area is 154 Å². The molecule has 0 radical (unpaired) electrons. The van der Waals surface area contributed by atoms with Gasteiger partial charge in [-0.05, 0) is 43.0 Å². The molecule has 1 atom stereocenters. The lowest BCUT2D eigenvalue weighted by molar-refractivity contribution is -0.129. The molecule has 26 heavy (non-hydrogen) atoms. The van der Waals surface area contributed by atoms with Crippen molar-refractivity contribution >= 4 is 25.8 Å². The lowest BCUT2D eigenvalue weighted by atomic mass is 10.1. The summed E-state index contributed by atoms with van der Waals surface area (Å²) < 4.78 is 50.3. The van der Waals surface area contributed by atoms with Crippen LogP contribution in [0.15, 0.2) is 34.1 Å². The van der Waals surface area contributed by atoms with Crippen molar-refractivity contribution in [1.29, 1.82) is 0 Å². The Morgan fingerprint density at radius 3 is 2.19 bits per heavy atom. The number of hydrogen-bond donors (Lipinski definition) is 1. The Bertz CT molecular complexity index is 872. The van der Waals surface area contributed by atoms with E-state index < -0.39 is 19.9 Å². The smallest absolute Gasteiger partial charge is 0.240 e. The molecule has 3 rings (SSSR count). The first kappa shape index (κ1) is 19.3. The van der Waals surface area contributed by atoms with Crippen LogP contribution >= 0.6 is 0 Å². The number of sulfonamides is 1. The molecular weight excluding hydrogens is 376 g/mol. The Morgan fingerprint density at radius 2 is 1.62 bits per heavy atom. The van der Waals surface area contributed by atoms with E-state index in [2.05, 4.69) is 4.72 Å². The summed E-state index contributed by atoms with van der Waals surface area (Å²) in [7, 11) is -7.11. The minimum absolute atomic E-state index is 0.0156. The first-order valence-electron chi connectivity index (χ1n) is 8.76. The maximum Gasteiger partial charge on any atom is 0.240 e. The number of hydrogen-bond acceptors (Lipinski definition) is 5. The highest BCUT2D eigenvalue weighted by molar-refractivity contribution is 7.90. The molecule has 144 valence electrons. The normalized spacial score (nSPS) is 22.3. The zero-order valence-corrected chi connectivity index (χ0v) is 16.4. The van der Waals surface area contributed by atoms with Gasteiger partial charge in [0.2, 0.25) is 15.9 Å². The van der Waals surface area contributed by atoms with Gasteiger partial charge in [0, 0.05) is 31.8 Å². The number of rotatable bonds is 6. The number of nitrogens with one attached hydrogen (secondary N) is 1. The average molecular weight is 401 g/mol. The molecule has 1 saturated heterocycles. The molecule has 0 bridgehead atoms. The third-order valence-corrected chi connectivity index (χ3v) is 7.70. The minimum atomic E-state index is -3.74. The second-order valence-electron chi connectivity index (χ2n) is 7.15. The van der Waals surface area contributed by atoms with E-state index >= 15 is 0 Å². The number of amides is 1. The summed E-state index contributed by atoms with van der Waals surface area (Å²) in [5, 5.41) is 0. The van der Waals surface area contributed by atoms with E-state index in [9.17, 15) is 21.6 Å². The monoisotopic (exact) mass is 400 g/mol. The fourth-order valence-electron chi connectivity index (χ4n) is 3.69. The van der Waals surface area contributed by atoms with Crippen molar-refractivity contribution in [3.63, 3.8) is 0 Å². The Morgan fingerprint density at radius 1 is 1.04 bits per heavy atom. The third-order valence-electron chi connectivity index (χ3n) is 5.13. The molecule has 1 saturated carbocycles. The predicted octanol–water partition coefficient (Wildman–Crippen LogP) is 1.16. The van der Waals surface area contributed by atoms with E-state index in [1.54, 1.807) is 0 Å². The van der Waals surface area contributed by atoms with Crippen LogP contribution in [-0.2, 0) is 24.7 Å². The van der Waals surface area contributed by atoms with Gasteiger partial charge in [-0.15, -0.1) is 0 Å². The van der Waals surface area contributed by atoms with Gasteiger partial charge < -0.3 is 4.90 Å². The van der Waals surface area contributed by atoms with Crippen molar-refractivity contribution < 1.29 is 21.6 Å². The van der Waals surface area contributed by atoms with Gasteiger partial charge in [0.25, 0.3) is 0 Å². The van der Waals surface area contributed by atoms with Gasteiger partial charge in [0.1, 0.15) is 0 Å². The SMILES string of the molecule is CS(=O)(=O)c1ccc(S(=O)(=O)NC[C@H]2CC(=O)N(C3CCCC3)C2)cc1. The van der Waals surface area contributed by atoms with Crippen molar-refractivity contribution in [3.05, 3.63) is 24.3 Å². The first-order chi connectivity index (χ1) is 12.2.